The summed E-state index contributed by atoms with van der Waals surface area (Å²) in [6.45, 7) is 1.97. The topological polar surface area (TPSA) is 46.2 Å². The standard InChI is InChI=1S/C10H13ClFNO.ClH/c1-2-3-9(13)7-4-6(12)5-8(11)10(7)14;/h4-5,9,14H,2-3,13H2,1H3;1H/t9-;/m1./s1. The van der Waals surface area contributed by atoms with Gasteiger partial charge in [-0.2, -0.15) is 0 Å². The van der Waals surface area contributed by atoms with E-state index in [1.54, 1.807) is 0 Å². The van der Waals surface area contributed by atoms with E-state index in [0.717, 1.165) is 12.5 Å². The normalized spacial score (nSPS) is 12.0. The number of phenols is 1. The van der Waals surface area contributed by atoms with E-state index in [9.17, 15) is 9.50 Å². The van der Waals surface area contributed by atoms with Gasteiger partial charge in [-0.05, 0) is 18.6 Å². The molecule has 0 fully saturated rings. The van der Waals surface area contributed by atoms with Crippen LogP contribution in [0.1, 0.15) is 31.4 Å². The number of rotatable bonds is 3. The van der Waals surface area contributed by atoms with Gasteiger partial charge in [0.15, 0.2) is 0 Å². The summed E-state index contributed by atoms with van der Waals surface area (Å²) in [6.07, 6.45) is 1.56. The van der Waals surface area contributed by atoms with Crippen molar-refractivity contribution in [2.75, 3.05) is 0 Å². The highest BCUT2D eigenvalue weighted by Crippen LogP contribution is 2.33. The van der Waals surface area contributed by atoms with Crippen molar-refractivity contribution < 1.29 is 9.50 Å². The van der Waals surface area contributed by atoms with Gasteiger partial charge in [-0.1, -0.05) is 24.9 Å². The Kier molecular flexibility index (Phi) is 5.95. The molecule has 0 spiro atoms. The number of nitrogens with two attached hydrogens (primary N) is 1. The molecule has 1 atom stereocenters. The van der Waals surface area contributed by atoms with E-state index in [1.807, 2.05) is 6.92 Å². The zero-order valence-corrected chi connectivity index (χ0v) is 9.91. The molecule has 0 heterocycles. The van der Waals surface area contributed by atoms with Gasteiger partial charge in [0.05, 0.1) is 5.02 Å². The van der Waals surface area contributed by atoms with Crippen molar-refractivity contribution in [1.29, 1.82) is 0 Å². The molecule has 1 rings (SSSR count). The SMILES string of the molecule is CCC[C@@H](N)c1cc(F)cc(Cl)c1O.Cl. The van der Waals surface area contributed by atoms with Crippen molar-refractivity contribution in [3.63, 3.8) is 0 Å². The van der Waals surface area contributed by atoms with E-state index in [0.29, 0.717) is 12.0 Å². The Bertz CT molecular complexity index is 333. The van der Waals surface area contributed by atoms with Crippen LogP contribution in [-0.4, -0.2) is 5.11 Å². The molecule has 3 N–H and O–H groups in total. The summed E-state index contributed by atoms with van der Waals surface area (Å²) in [6, 6.07) is 1.92. The lowest BCUT2D eigenvalue weighted by molar-refractivity contribution is 0.455. The van der Waals surface area contributed by atoms with Crippen LogP contribution in [-0.2, 0) is 0 Å². The quantitative estimate of drug-likeness (QED) is 0.868. The molecule has 2 nitrogen and oxygen atoms in total. The van der Waals surface area contributed by atoms with Crippen LogP contribution in [0.2, 0.25) is 5.02 Å². The van der Waals surface area contributed by atoms with Crippen LogP contribution >= 0.6 is 24.0 Å². The summed E-state index contributed by atoms with van der Waals surface area (Å²) in [4.78, 5) is 0. The van der Waals surface area contributed by atoms with Crippen LogP contribution in [0, 0.1) is 5.82 Å². The Labute approximate surface area is 99.6 Å². The second kappa shape index (κ2) is 6.16. The lowest BCUT2D eigenvalue weighted by Gasteiger charge is -2.13. The van der Waals surface area contributed by atoms with Gasteiger partial charge in [-0.3, -0.25) is 0 Å². The van der Waals surface area contributed by atoms with Crippen LogP contribution < -0.4 is 5.73 Å². The first kappa shape index (κ1) is 14.5. The molecule has 0 radical (unpaired) electrons. The Morgan fingerprint density at radius 1 is 1.53 bits per heavy atom. The Morgan fingerprint density at radius 2 is 2.13 bits per heavy atom. The smallest absolute Gasteiger partial charge is 0.139 e. The first-order valence-electron chi connectivity index (χ1n) is 4.49. The van der Waals surface area contributed by atoms with Crippen LogP contribution in [0.5, 0.6) is 5.75 Å². The zero-order chi connectivity index (χ0) is 10.7. The molecule has 0 bridgehead atoms. The lowest BCUT2D eigenvalue weighted by Crippen LogP contribution is -2.10. The zero-order valence-electron chi connectivity index (χ0n) is 8.34. The highest BCUT2D eigenvalue weighted by molar-refractivity contribution is 6.32. The summed E-state index contributed by atoms with van der Waals surface area (Å²) < 4.78 is 13.0. The molecule has 0 unspecified atom stereocenters. The molecule has 15 heavy (non-hydrogen) atoms. The Morgan fingerprint density at radius 3 is 2.67 bits per heavy atom. The molecule has 86 valence electrons. The predicted molar refractivity (Wildman–Crippen MR) is 62.2 cm³/mol. The minimum Gasteiger partial charge on any atom is -0.506 e. The molecular formula is C10H14Cl2FNO. The molecule has 0 aliphatic rings. The molecule has 0 saturated heterocycles. The van der Waals surface area contributed by atoms with Gasteiger partial charge in [0.25, 0.3) is 0 Å². The Hall–Kier alpha value is -0.510. The van der Waals surface area contributed by atoms with Gasteiger partial charge in [0.1, 0.15) is 11.6 Å². The largest absolute Gasteiger partial charge is 0.506 e. The number of hydrogen-bond donors (Lipinski definition) is 2. The fourth-order valence-electron chi connectivity index (χ4n) is 1.34. The molecule has 0 aromatic heterocycles. The fraction of sp³-hybridized carbons (Fsp3) is 0.400. The third-order valence-corrected chi connectivity index (χ3v) is 2.34. The van der Waals surface area contributed by atoms with E-state index in [-0.39, 0.29) is 29.2 Å². The molecule has 0 aliphatic heterocycles. The molecule has 0 amide bonds. The van der Waals surface area contributed by atoms with E-state index in [1.165, 1.54) is 6.07 Å². The van der Waals surface area contributed by atoms with Crippen molar-refractivity contribution in [3.05, 3.63) is 28.5 Å². The highest BCUT2D eigenvalue weighted by Gasteiger charge is 2.14. The van der Waals surface area contributed by atoms with Crippen molar-refractivity contribution >= 4 is 24.0 Å². The predicted octanol–water partition coefficient (Wildman–Crippen LogP) is 3.41. The van der Waals surface area contributed by atoms with Gasteiger partial charge < -0.3 is 10.8 Å². The maximum absolute atomic E-state index is 13.0. The van der Waals surface area contributed by atoms with Crippen LogP contribution in [0.15, 0.2) is 12.1 Å². The summed E-state index contributed by atoms with van der Waals surface area (Å²) in [5.41, 5.74) is 6.13. The van der Waals surface area contributed by atoms with Gasteiger partial charge in [-0.15, -0.1) is 12.4 Å². The number of aromatic hydroxyl groups is 1. The molecule has 1 aromatic rings. The van der Waals surface area contributed by atoms with E-state index >= 15 is 0 Å². The maximum Gasteiger partial charge on any atom is 0.139 e. The number of benzene rings is 1. The summed E-state index contributed by atoms with van der Waals surface area (Å²) in [5, 5.41) is 9.55. The minimum absolute atomic E-state index is 0. The summed E-state index contributed by atoms with van der Waals surface area (Å²) in [5.74, 6) is -0.594. The molecular weight excluding hydrogens is 240 g/mol. The summed E-state index contributed by atoms with van der Waals surface area (Å²) in [7, 11) is 0. The monoisotopic (exact) mass is 253 g/mol. The first-order chi connectivity index (χ1) is 6.56. The van der Waals surface area contributed by atoms with Gasteiger partial charge in [0, 0.05) is 11.6 Å². The van der Waals surface area contributed by atoms with Gasteiger partial charge in [-0.25, -0.2) is 4.39 Å². The second-order valence-corrected chi connectivity index (χ2v) is 3.63. The Balaban J connectivity index is 0.00000196. The lowest BCUT2D eigenvalue weighted by atomic mass is 10.0. The maximum atomic E-state index is 13.0. The van der Waals surface area contributed by atoms with Crippen LogP contribution in [0.4, 0.5) is 4.39 Å². The average Bonchev–Trinajstić information content (AvgIpc) is 2.11. The second-order valence-electron chi connectivity index (χ2n) is 3.22. The average molecular weight is 254 g/mol. The minimum atomic E-state index is -0.477. The summed E-state index contributed by atoms with van der Waals surface area (Å²) >= 11 is 5.62. The number of phenolic OH excluding ortho intramolecular Hbond substituents is 1. The van der Waals surface area contributed by atoms with Crippen molar-refractivity contribution in [1.82, 2.24) is 0 Å². The molecule has 0 saturated carbocycles. The molecule has 5 heteroatoms. The van der Waals surface area contributed by atoms with E-state index in [4.69, 9.17) is 17.3 Å². The molecule has 1 aromatic carbocycles. The van der Waals surface area contributed by atoms with Crippen molar-refractivity contribution in [3.8, 4) is 5.75 Å². The van der Waals surface area contributed by atoms with Crippen molar-refractivity contribution in [2.45, 2.75) is 25.8 Å². The molecule has 0 aliphatic carbocycles. The number of halogens is 3. The third kappa shape index (κ3) is 3.52. The third-order valence-electron chi connectivity index (χ3n) is 2.06. The number of hydrogen-bond acceptors (Lipinski definition) is 2. The van der Waals surface area contributed by atoms with Crippen LogP contribution in [0.3, 0.4) is 0 Å². The van der Waals surface area contributed by atoms with Gasteiger partial charge >= 0.3 is 0 Å². The van der Waals surface area contributed by atoms with Crippen LogP contribution in [0.25, 0.3) is 0 Å². The highest BCUT2D eigenvalue weighted by atomic mass is 35.5. The first-order valence-corrected chi connectivity index (χ1v) is 4.87. The van der Waals surface area contributed by atoms with E-state index in [2.05, 4.69) is 0 Å². The van der Waals surface area contributed by atoms with E-state index < -0.39 is 5.82 Å². The van der Waals surface area contributed by atoms with Gasteiger partial charge in [0.2, 0.25) is 0 Å². The van der Waals surface area contributed by atoms with Crippen molar-refractivity contribution in [2.24, 2.45) is 5.73 Å². The fourth-order valence-corrected chi connectivity index (χ4v) is 1.55.